The molecule has 0 saturated heterocycles. The molecule has 0 spiro atoms. The number of fused-ring (bicyclic) bond motifs is 1. The van der Waals surface area contributed by atoms with E-state index in [9.17, 15) is 9.18 Å². The summed E-state index contributed by atoms with van der Waals surface area (Å²) < 4.78 is 19.4. The van der Waals surface area contributed by atoms with Gasteiger partial charge in [0.15, 0.2) is 0 Å². The van der Waals surface area contributed by atoms with Gasteiger partial charge in [0.05, 0.1) is 18.7 Å². The molecule has 0 fully saturated rings. The van der Waals surface area contributed by atoms with Crippen LogP contribution in [0.3, 0.4) is 0 Å². The minimum Gasteiger partial charge on any atom is -0.491 e. The Morgan fingerprint density at radius 3 is 3.00 bits per heavy atom. The van der Waals surface area contributed by atoms with Gasteiger partial charge in [0.2, 0.25) is 0 Å². The van der Waals surface area contributed by atoms with Crippen LogP contribution in [0.15, 0.2) is 42.7 Å². The third kappa shape index (κ3) is 2.34. The zero-order valence-corrected chi connectivity index (χ0v) is 10.8. The van der Waals surface area contributed by atoms with Crippen LogP contribution in [0.2, 0.25) is 0 Å². The van der Waals surface area contributed by atoms with Gasteiger partial charge in [-0.1, -0.05) is 6.07 Å². The molecule has 2 heterocycles. The molecule has 0 aliphatic carbocycles. The first-order valence-electron chi connectivity index (χ1n) is 6.35. The summed E-state index contributed by atoms with van der Waals surface area (Å²) in [6.07, 6.45) is 3.12. The van der Waals surface area contributed by atoms with Crippen LogP contribution in [-0.4, -0.2) is 28.9 Å². The molecule has 3 rings (SSSR count). The van der Waals surface area contributed by atoms with E-state index in [1.807, 2.05) is 0 Å². The summed E-state index contributed by atoms with van der Waals surface area (Å²) in [6, 6.07) is 8.10. The van der Waals surface area contributed by atoms with Gasteiger partial charge in [-0.15, -0.1) is 0 Å². The van der Waals surface area contributed by atoms with Gasteiger partial charge in [-0.05, 0) is 24.3 Å². The molecule has 4 nitrogen and oxygen atoms in total. The van der Waals surface area contributed by atoms with E-state index < -0.39 is 0 Å². The lowest BCUT2D eigenvalue weighted by Gasteiger charge is -2.19. The molecule has 0 saturated carbocycles. The van der Waals surface area contributed by atoms with Gasteiger partial charge >= 0.3 is 0 Å². The van der Waals surface area contributed by atoms with Gasteiger partial charge in [-0.2, -0.15) is 0 Å². The average Bonchev–Trinajstić information content (AvgIpc) is 2.71. The van der Waals surface area contributed by atoms with Crippen molar-refractivity contribution in [3.63, 3.8) is 0 Å². The molecular weight excluding hydrogens is 259 g/mol. The first-order chi connectivity index (χ1) is 9.75. The van der Waals surface area contributed by atoms with Crippen LogP contribution in [0.4, 0.5) is 4.39 Å². The van der Waals surface area contributed by atoms with Crippen molar-refractivity contribution in [2.75, 3.05) is 13.2 Å². The SMILES string of the molecule is O=C(c1cccnc1)N1CCOc2cccc(F)c2C1. The highest BCUT2D eigenvalue weighted by Crippen LogP contribution is 2.26. The van der Waals surface area contributed by atoms with Crippen molar-refractivity contribution in [1.29, 1.82) is 0 Å². The lowest BCUT2D eigenvalue weighted by atomic mass is 10.1. The summed E-state index contributed by atoms with van der Waals surface area (Å²) in [6.45, 7) is 0.972. The Morgan fingerprint density at radius 1 is 1.30 bits per heavy atom. The maximum absolute atomic E-state index is 13.9. The molecule has 1 aliphatic rings. The first kappa shape index (κ1) is 12.6. The summed E-state index contributed by atoms with van der Waals surface area (Å²) >= 11 is 0. The molecule has 0 N–H and O–H groups in total. The lowest BCUT2D eigenvalue weighted by molar-refractivity contribution is 0.0732. The molecule has 102 valence electrons. The van der Waals surface area contributed by atoms with Crippen molar-refractivity contribution < 1.29 is 13.9 Å². The van der Waals surface area contributed by atoms with Crippen molar-refractivity contribution in [2.45, 2.75) is 6.54 Å². The van der Waals surface area contributed by atoms with E-state index in [0.29, 0.717) is 30.0 Å². The van der Waals surface area contributed by atoms with E-state index in [0.717, 1.165) is 0 Å². The number of hydrogen-bond donors (Lipinski definition) is 0. The molecule has 0 bridgehead atoms. The van der Waals surface area contributed by atoms with Crippen molar-refractivity contribution in [2.24, 2.45) is 0 Å². The third-order valence-corrected chi connectivity index (χ3v) is 3.24. The predicted octanol–water partition coefficient (Wildman–Crippen LogP) is 2.26. The quantitative estimate of drug-likeness (QED) is 0.799. The Bertz CT molecular complexity index is 631. The maximum atomic E-state index is 13.9. The minimum absolute atomic E-state index is 0.169. The highest BCUT2D eigenvalue weighted by atomic mass is 19.1. The average molecular weight is 272 g/mol. The van der Waals surface area contributed by atoms with Gasteiger partial charge in [0.1, 0.15) is 18.2 Å². The van der Waals surface area contributed by atoms with Crippen molar-refractivity contribution in [1.82, 2.24) is 9.88 Å². The number of pyridine rings is 1. The van der Waals surface area contributed by atoms with Crippen LogP contribution < -0.4 is 4.74 Å². The van der Waals surface area contributed by atoms with Gasteiger partial charge < -0.3 is 9.64 Å². The summed E-state index contributed by atoms with van der Waals surface area (Å²) in [4.78, 5) is 17.9. The lowest BCUT2D eigenvalue weighted by Crippen LogP contribution is -2.32. The second-order valence-corrected chi connectivity index (χ2v) is 4.53. The van der Waals surface area contributed by atoms with Gasteiger partial charge in [-0.25, -0.2) is 4.39 Å². The zero-order valence-electron chi connectivity index (χ0n) is 10.8. The molecule has 1 aliphatic heterocycles. The molecule has 0 unspecified atom stereocenters. The number of hydrogen-bond acceptors (Lipinski definition) is 3. The van der Waals surface area contributed by atoms with Gasteiger partial charge in [0.25, 0.3) is 5.91 Å². The Kier molecular flexibility index (Phi) is 3.33. The van der Waals surface area contributed by atoms with Gasteiger partial charge in [0, 0.05) is 18.0 Å². The largest absolute Gasteiger partial charge is 0.491 e. The van der Waals surface area contributed by atoms with Crippen LogP contribution in [0.5, 0.6) is 5.75 Å². The van der Waals surface area contributed by atoms with Crippen molar-refractivity contribution in [3.05, 3.63) is 59.7 Å². The van der Waals surface area contributed by atoms with Crippen LogP contribution in [0.25, 0.3) is 0 Å². The van der Waals surface area contributed by atoms with E-state index in [1.165, 1.54) is 12.3 Å². The number of amides is 1. The van der Waals surface area contributed by atoms with Crippen LogP contribution >= 0.6 is 0 Å². The standard InChI is InChI=1S/C15H13FN2O2/c16-13-4-1-5-14-12(13)10-18(7-8-20-14)15(19)11-3-2-6-17-9-11/h1-6,9H,7-8,10H2. The van der Waals surface area contributed by atoms with Gasteiger partial charge in [-0.3, -0.25) is 9.78 Å². The fourth-order valence-electron chi connectivity index (χ4n) is 2.21. The minimum atomic E-state index is -0.353. The van der Waals surface area contributed by atoms with E-state index in [1.54, 1.807) is 35.4 Å². The van der Waals surface area contributed by atoms with E-state index >= 15 is 0 Å². The fourth-order valence-corrected chi connectivity index (χ4v) is 2.21. The molecule has 1 aromatic heterocycles. The topological polar surface area (TPSA) is 42.4 Å². The van der Waals surface area contributed by atoms with E-state index in [2.05, 4.69) is 4.98 Å². The molecule has 5 heteroatoms. The smallest absolute Gasteiger partial charge is 0.255 e. The van der Waals surface area contributed by atoms with Crippen LogP contribution in [0, 0.1) is 5.82 Å². The number of aromatic nitrogens is 1. The second kappa shape index (κ2) is 5.28. The Balaban J connectivity index is 1.89. The summed E-state index contributed by atoms with van der Waals surface area (Å²) in [5.74, 6) is -0.0160. The fraction of sp³-hybridized carbons (Fsp3) is 0.200. The number of carbonyl (C=O) groups excluding carboxylic acids is 1. The molecule has 1 aromatic carbocycles. The van der Waals surface area contributed by atoms with Crippen molar-refractivity contribution in [3.8, 4) is 5.75 Å². The monoisotopic (exact) mass is 272 g/mol. The zero-order chi connectivity index (χ0) is 13.9. The maximum Gasteiger partial charge on any atom is 0.255 e. The van der Waals surface area contributed by atoms with E-state index in [-0.39, 0.29) is 18.3 Å². The first-order valence-corrected chi connectivity index (χ1v) is 6.35. The molecule has 0 radical (unpaired) electrons. The predicted molar refractivity (Wildman–Crippen MR) is 70.9 cm³/mol. The van der Waals surface area contributed by atoms with E-state index in [4.69, 9.17) is 4.74 Å². The number of benzene rings is 1. The normalized spacial score (nSPS) is 14.2. The highest BCUT2D eigenvalue weighted by Gasteiger charge is 2.23. The molecular formula is C15H13FN2O2. The molecule has 20 heavy (non-hydrogen) atoms. The summed E-state index contributed by atoms with van der Waals surface area (Å²) in [7, 11) is 0. The highest BCUT2D eigenvalue weighted by molar-refractivity contribution is 5.93. The number of nitrogens with zero attached hydrogens (tertiary/aromatic N) is 2. The molecule has 1 amide bonds. The number of carbonyl (C=O) groups is 1. The Hall–Kier alpha value is -2.43. The van der Waals surface area contributed by atoms with Crippen molar-refractivity contribution >= 4 is 5.91 Å². The Morgan fingerprint density at radius 2 is 2.20 bits per heavy atom. The summed E-state index contributed by atoms with van der Waals surface area (Å²) in [5.41, 5.74) is 0.912. The van der Waals surface area contributed by atoms with Crippen LogP contribution in [0.1, 0.15) is 15.9 Å². The number of rotatable bonds is 1. The number of halogens is 1. The summed E-state index contributed by atoms with van der Waals surface area (Å²) in [5, 5.41) is 0. The molecule has 0 atom stereocenters. The van der Waals surface area contributed by atoms with Crippen LogP contribution in [-0.2, 0) is 6.54 Å². The third-order valence-electron chi connectivity index (χ3n) is 3.24. The second-order valence-electron chi connectivity index (χ2n) is 4.53. The number of ether oxygens (including phenoxy) is 1. The Labute approximate surface area is 115 Å². The molecule has 2 aromatic rings.